The Kier molecular flexibility index (Phi) is 6.41. The fourth-order valence-corrected chi connectivity index (χ4v) is 0.819. The van der Waals surface area contributed by atoms with E-state index < -0.39 is 6.09 Å². The Morgan fingerprint density at radius 3 is 2.67 bits per heavy atom. The lowest BCUT2D eigenvalue weighted by Crippen LogP contribution is -2.47. The first-order valence-electron chi connectivity index (χ1n) is 4.19. The van der Waals surface area contributed by atoms with E-state index in [-0.39, 0.29) is 0 Å². The molecule has 1 amide bonds. The topological polar surface area (TPSA) is 78.6 Å². The van der Waals surface area contributed by atoms with Gasteiger partial charge in [0.1, 0.15) is 0 Å². The zero-order valence-corrected chi connectivity index (χ0v) is 7.42. The minimum absolute atomic E-state index is 0.589. The van der Waals surface area contributed by atoms with Crippen molar-refractivity contribution in [2.45, 2.75) is 32.6 Å². The fourth-order valence-electron chi connectivity index (χ4n) is 0.819. The van der Waals surface area contributed by atoms with Gasteiger partial charge in [0.05, 0.1) is 0 Å². The van der Waals surface area contributed by atoms with Gasteiger partial charge in [0.2, 0.25) is 0 Å². The molecule has 0 aliphatic heterocycles. The number of nitrogens with two attached hydrogens (primary N) is 1. The van der Waals surface area contributed by atoms with Crippen molar-refractivity contribution in [3.8, 4) is 0 Å². The smallest absolute Gasteiger partial charge is 0.436 e. The minimum atomic E-state index is -1.16. The highest BCUT2D eigenvalue weighted by atomic mass is 16.4. The molecule has 0 aromatic heterocycles. The van der Waals surface area contributed by atoms with Crippen LogP contribution in [-0.4, -0.2) is 22.9 Å². The van der Waals surface area contributed by atoms with E-state index in [9.17, 15) is 4.79 Å². The third-order valence-electron chi connectivity index (χ3n) is 1.52. The summed E-state index contributed by atoms with van der Waals surface area (Å²) < 4.78 is 0. The summed E-state index contributed by atoms with van der Waals surface area (Å²) in [6.45, 7) is 2.74. The highest BCUT2D eigenvalue weighted by molar-refractivity contribution is 5.63. The second-order valence-corrected chi connectivity index (χ2v) is 2.62. The van der Waals surface area contributed by atoms with Crippen LogP contribution in [0.5, 0.6) is 0 Å². The Morgan fingerprint density at radius 2 is 2.17 bits per heavy atom. The normalized spacial score (nSPS) is 9.83. The number of nitrogens with zero attached hydrogens (tertiary/aromatic N) is 1. The summed E-state index contributed by atoms with van der Waals surface area (Å²) in [5, 5.41) is 8.91. The molecular weight excluding hydrogens is 158 g/mol. The quantitative estimate of drug-likeness (QED) is 0.243. The van der Waals surface area contributed by atoms with Gasteiger partial charge in [-0.2, -0.15) is 5.12 Å². The predicted molar refractivity (Wildman–Crippen MR) is 46.2 cm³/mol. The Bertz CT molecular complexity index is 130. The first kappa shape index (κ1) is 11.2. The van der Waals surface area contributed by atoms with E-state index in [1.54, 1.807) is 0 Å². The maximum Gasteiger partial charge on any atom is 0.436 e. The molecule has 5 nitrogen and oxygen atoms in total. The van der Waals surface area contributed by atoms with Gasteiger partial charge < -0.3 is 5.11 Å². The van der Waals surface area contributed by atoms with Crippen molar-refractivity contribution in [3.05, 3.63) is 0 Å². The number of carboxylic acid groups (broad SMARTS) is 1. The van der Waals surface area contributed by atoms with Gasteiger partial charge in [-0.3, -0.25) is 0 Å². The highest BCUT2D eigenvalue weighted by Crippen LogP contribution is 1.96. The highest BCUT2D eigenvalue weighted by Gasteiger charge is 2.02. The van der Waals surface area contributed by atoms with E-state index >= 15 is 0 Å². The molecule has 0 rings (SSSR count). The van der Waals surface area contributed by atoms with Crippen LogP contribution in [0, 0.1) is 0 Å². The van der Waals surface area contributed by atoms with Crippen molar-refractivity contribution in [2.75, 3.05) is 6.54 Å². The van der Waals surface area contributed by atoms with E-state index in [2.05, 4.69) is 12.3 Å². The van der Waals surface area contributed by atoms with Gasteiger partial charge in [-0.25, -0.2) is 16.1 Å². The first-order valence-corrected chi connectivity index (χ1v) is 4.19. The van der Waals surface area contributed by atoms with E-state index in [1.165, 1.54) is 12.8 Å². The van der Waals surface area contributed by atoms with E-state index in [4.69, 9.17) is 10.9 Å². The molecular formula is C7H17N3O2. The van der Waals surface area contributed by atoms with Crippen LogP contribution >= 0.6 is 0 Å². The van der Waals surface area contributed by atoms with Gasteiger partial charge in [-0.15, -0.1) is 0 Å². The lowest BCUT2D eigenvalue weighted by Gasteiger charge is -2.12. The largest absolute Gasteiger partial charge is 0.463 e. The monoisotopic (exact) mass is 175 g/mol. The number of hydrogen-bond donors (Lipinski definition) is 3. The third-order valence-corrected chi connectivity index (χ3v) is 1.52. The van der Waals surface area contributed by atoms with Crippen LogP contribution < -0.4 is 11.3 Å². The molecule has 0 aliphatic carbocycles. The first-order chi connectivity index (χ1) is 5.68. The Balaban J connectivity index is 3.14. The molecule has 0 radical (unpaired) electrons. The molecule has 0 aromatic carbocycles. The second-order valence-electron chi connectivity index (χ2n) is 2.62. The summed E-state index contributed by atoms with van der Waals surface area (Å²) in [6.07, 6.45) is 3.25. The SMILES string of the molecule is CCCCCCNN(N)C(=O)O. The number of nitrogens with one attached hydrogen (secondary N) is 1. The molecule has 0 saturated carbocycles. The molecule has 0 unspecified atom stereocenters. The summed E-state index contributed by atoms with van der Waals surface area (Å²) in [5.41, 5.74) is 2.55. The van der Waals surface area contributed by atoms with Crippen LogP contribution in [0.15, 0.2) is 0 Å². The van der Waals surface area contributed by atoms with Crippen molar-refractivity contribution in [3.63, 3.8) is 0 Å². The fraction of sp³-hybridized carbons (Fsp3) is 0.857. The van der Waals surface area contributed by atoms with Crippen molar-refractivity contribution in [1.82, 2.24) is 10.5 Å². The van der Waals surface area contributed by atoms with Crippen molar-refractivity contribution < 1.29 is 9.90 Å². The zero-order chi connectivity index (χ0) is 9.40. The van der Waals surface area contributed by atoms with Gasteiger partial charge in [0.15, 0.2) is 0 Å². The molecule has 0 saturated heterocycles. The molecule has 4 N–H and O–H groups in total. The maximum atomic E-state index is 10.2. The van der Waals surface area contributed by atoms with Gasteiger partial charge in [0.25, 0.3) is 0 Å². The average molecular weight is 175 g/mol. The lowest BCUT2D eigenvalue weighted by atomic mass is 10.2. The van der Waals surface area contributed by atoms with Crippen LogP contribution in [0.25, 0.3) is 0 Å². The Labute approximate surface area is 72.5 Å². The molecule has 0 bridgehead atoms. The minimum Gasteiger partial charge on any atom is -0.463 e. The van der Waals surface area contributed by atoms with Gasteiger partial charge in [0, 0.05) is 6.54 Å². The summed E-state index contributed by atoms with van der Waals surface area (Å²) in [7, 11) is 0. The molecule has 0 fully saturated rings. The molecule has 0 aromatic rings. The summed E-state index contributed by atoms with van der Waals surface area (Å²) in [5.74, 6) is 5.05. The standard InChI is InChI=1S/C7H17N3O2/c1-2-3-4-5-6-9-10(8)7(11)12/h9H,2-6,8H2,1H3,(H,11,12). The molecule has 0 atom stereocenters. The summed E-state index contributed by atoms with van der Waals surface area (Å²) in [4.78, 5) is 10.2. The number of unbranched alkanes of at least 4 members (excludes halogenated alkanes) is 3. The van der Waals surface area contributed by atoms with Crippen LogP contribution in [-0.2, 0) is 0 Å². The second kappa shape index (κ2) is 6.87. The van der Waals surface area contributed by atoms with Gasteiger partial charge >= 0.3 is 6.09 Å². The van der Waals surface area contributed by atoms with Crippen LogP contribution in [0.1, 0.15) is 32.6 Å². The average Bonchev–Trinajstić information content (AvgIpc) is 2.03. The van der Waals surface area contributed by atoms with Crippen molar-refractivity contribution >= 4 is 6.09 Å². The maximum absolute atomic E-state index is 10.2. The molecule has 12 heavy (non-hydrogen) atoms. The number of amides is 1. The molecule has 5 heteroatoms. The predicted octanol–water partition coefficient (Wildman–Crippen LogP) is 0.925. The van der Waals surface area contributed by atoms with E-state index in [1.807, 2.05) is 0 Å². The molecule has 72 valence electrons. The van der Waals surface area contributed by atoms with Gasteiger partial charge in [-0.05, 0) is 6.42 Å². The number of hydrogen-bond acceptors (Lipinski definition) is 3. The zero-order valence-electron chi connectivity index (χ0n) is 7.42. The number of carbonyl (C=O) groups is 1. The van der Waals surface area contributed by atoms with Crippen LogP contribution in [0.4, 0.5) is 4.79 Å². The van der Waals surface area contributed by atoms with Crippen LogP contribution in [0.2, 0.25) is 0 Å². The number of rotatable bonds is 6. The third kappa shape index (κ3) is 5.94. The van der Waals surface area contributed by atoms with Crippen molar-refractivity contribution in [2.24, 2.45) is 5.84 Å². The summed E-state index contributed by atoms with van der Waals surface area (Å²) in [6, 6.07) is 0. The lowest BCUT2D eigenvalue weighted by molar-refractivity contribution is 0.120. The van der Waals surface area contributed by atoms with Crippen LogP contribution in [0.3, 0.4) is 0 Å². The Morgan fingerprint density at radius 1 is 1.50 bits per heavy atom. The molecule has 0 aliphatic rings. The van der Waals surface area contributed by atoms with E-state index in [0.717, 1.165) is 12.8 Å². The Hall–Kier alpha value is -0.810. The van der Waals surface area contributed by atoms with E-state index in [0.29, 0.717) is 11.7 Å². The molecule has 0 spiro atoms. The van der Waals surface area contributed by atoms with Crippen molar-refractivity contribution in [1.29, 1.82) is 0 Å². The van der Waals surface area contributed by atoms with Gasteiger partial charge in [-0.1, -0.05) is 26.2 Å². The summed E-state index contributed by atoms with van der Waals surface area (Å²) >= 11 is 0. The molecule has 0 heterocycles. The number of hydrazine groups is 2.